The van der Waals surface area contributed by atoms with E-state index in [1.807, 2.05) is 53.7 Å². The Balaban J connectivity index is 1.02. The van der Waals surface area contributed by atoms with Crippen molar-refractivity contribution in [2.75, 3.05) is 85.5 Å². The Kier molecular flexibility index (Phi) is 13.7. The maximum atomic E-state index is 12.9. The summed E-state index contributed by atoms with van der Waals surface area (Å²) in [5.41, 5.74) is 2.73. The molecule has 2 fully saturated rings. The summed E-state index contributed by atoms with van der Waals surface area (Å²) in [5.74, 6) is -0.718. The molecule has 2 heterocycles. The van der Waals surface area contributed by atoms with Crippen LogP contribution in [0, 0.1) is 20.8 Å². The molecule has 0 atom stereocenters. The Hall–Kier alpha value is -2.54. The molecule has 0 bridgehead atoms. The maximum Gasteiger partial charge on any atom is 0.343 e. The molecule has 1 saturated carbocycles. The molecule has 1 N–H and O–H groups in total. The molecule has 47 heavy (non-hydrogen) atoms. The zero-order chi connectivity index (χ0) is 34.0. The molecule has 3 aliphatic rings. The fraction of sp³-hybridized carbons (Fsp3) is 0.722. The number of carbonyl (C=O) groups is 2. The van der Waals surface area contributed by atoms with E-state index in [9.17, 15) is 14.7 Å². The number of aryl methyl sites for hydroxylation is 3. The zero-order valence-corrected chi connectivity index (χ0v) is 29.4. The minimum absolute atomic E-state index is 0.0552. The third kappa shape index (κ3) is 11.0. The van der Waals surface area contributed by atoms with Gasteiger partial charge in [-0.15, -0.1) is 0 Å². The van der Waals surface area contributed by atoms with Crippen molar-refractivity contribution in [3.8, 4) is 0 Å². The number of hydrogen-bond acceptors (Lipinski definition) is 11. The van der Waals surface area contributed by atoms with E-state index in [0.717, 1.165) is 61.5 Å². The van der Waals surface area contributed by atoms with Gasteiger partial charge in [-0.05, 0) is 83.9 Å². The van der Waals surface area contributed by atoms with E-state index < -0.39 is 17.2 Å². The largest absolute Gasteiger partial charge is 0.507 e. The molecule has 11 nitrogen and oxygen atoms in total. The molecular formula is C36H56N2O9. The van der Waals surface area contributed by atoms with E-state index in [4.69, 9.17) is 28.4 Å². The first-order valence-corrected chi connectivity index (χ1v) is 17.1. The number of ether oxygens (including phenoxy) is 6. The van der Waals surface area contributed by atoms with Gasteiger partial charge in [0.2, 0.25) is 0 Å². The molecule has 4 rings (SSSR count). The van der Waals surface area contributed by atoms with Crippen molar-refractivity contribution in [1.82, 2.24) is 9.80 Å². The summed E-state index contributed by atoms with van der Waals surface area (Å²) in [7, 11) is 0. The number of hydrogen-bond donors (Lipinski definition) is 1. The second kappa shape index (κ2) is 17.2. The van der Waals surface area contributed by atoms with E-state index in [-0.39, 0.29) is 24.4 Å². The minimum Gasteiger partial charge on any atom is -0.507 e. The average molecular weight is 661 g/mol. The highest BCUT2D eigenvalue weighted by Crippen LogP contribution is 2.46. The van der Waals surface area contributed by atoms with Crippen LogP contribution in [0.25, 0.3) is 5.57 Å². The van der Waals surface area contributed by atoms with Crippen LogP contribution in [-0.4, -0.2) is 130 Å². The Morgan fingerprint density at radius 2 is 1.40 bits per heavy atom. The van der Waals surface area contributed by atoms with Crippen LogP contribution in [-0.2, 0) is 38.0 Å². The number of aliphatic hydroxyl groups excluding tert-OH is 1. The van der Waals surface area contributed by atoms with E-state index in [0.29, 0.717) is 70.9 Å². The van der Waals surface area contributed by atoms with Crippen LogP contribution in [0.1, 0.15) is 68.7 Å². The van der Waals surface area contributed by atoms with Gasteiger partial charge >= 0.3 is 11.9 Å². The molecule has 11 heteroatoms. The van der Waals surface area contributed by atoms with Gasteiger partial charge in [0.15, 0.2) is 11.4 Å². The summed E-state index contributed by atoms with van der Waals surface area (Å²) in [5, 5.41) is 11.2. The van der Waals surface area contributed by atoms with Gasteiger partial charge in [-0.2, -0.15) is 0 Å². The van der Waals surface area contributed by atoms with Crippen molar-refractivity contribution in [3.63, 3.8) is 0 Å². The van der Waals surface area contributed by atoms with Crippen LogP contribution < -0.4 is 0 Å². The highest BCUT2D eigenvalue weighted by molar-refractivity contribution is 6.20. The van der Waals surface area contributed by atoms with Gasteiger partial charge in [0.1, 0.15) is 17.8 Å². The first kappa shape index (κ1) is 37.3. The van der Waals surface area contributed by atoms with Crippen LogP contribution in [0.2, 0.25) is 0 Å². The number of benzene rings is 1. The summed E-state index contributed by atoms with van der Waals surface area (Å²) in [6, 6.07) is 4.07. The summed E-state index contributed by atoms with van der Waals surface area (Å²) >= 11 is 0. The lowest BCUT2D eigenvalue weighted by Gasteiger charge is -2.35. The summed E-state index contributed by atoms with van der Waals surface area (Å²) < 4.78 is 34.0. The van der Waals surface area contributed by atoms with Crippen molar-refractivity contribution >= 4 is 17.5 Å². The molecule has 1 spiro atoms. The van der Waals surface area contributed by atoms with Crippen molar-refractivity contribution < 1.29 is 43.1 Å². The minimum atomic E-state index is -0.941. The standard InChI is InChI=1S/C36H56N2O9/c1-26-23-27(2)31(28(3)24-26)32-33(40)36(47-34(32)41)9-7-29(8-10-36)45-22-21-43-18-16-38-13-11-37(12-14-38)15-17-42-19-20-44-25-30(39)46-35(4,5)6/h23-24,29,40H,7-22,25H2,1-6H3. The highest BCUT2D eigenvalue weighted by atomic mass is 16.6. The molecule has 264 valence electrons. The topological polar surface area (TPSA) is 116 Å². The Bertz CT molecular complexity index is 1200. The van der Waals surface area contributed by atoms with Crippen molar-refractivity contribution in [2.24, 2.45) is 0 Å². The first-order chi connectivity index (χ1) is 22.4. The molecule has 1 aromatic rings. The van der Waals surface area contributed by atoms with Gasteiger partial charge < -0.3 is 33.5 Å². The molecule has 1 saturated heterocycles. The van der Waals surface area contributed by atoms with E-state index >= 15 is 0 Å². The Morgan fingerprint density at radius 3 is 1.96 bits per heavy atom. The van der Waals surface area contributed by atoms with Crippen LogP contribution >= 0.6 is 0 Å². The molecular weight excluding hydrogens is 604 g/mol. The molecule has 1 aliphatic carbocycles. The summed E-state index contributed by atoms with van der Waals surface area (Å²) in [6.07, 6.45) is 2.59. The third-order valence-corrected chi connectivity index (χ3v) is 8.99. The Labute approximate surface area is 280 Å². The smallest absolute Gasteiger partial charge is 0.343 e. The third-order valence-electron chi connectivity index (χ3n) is 8.99. The van der Waals surface area contributed by atoms with Gasteiger partial charge in [0.05, 0.1) is 45.7 Å². The van der Waals surface area contributed by atoms with Gasteiger partial charge in [-0.25, -0.2) is 9.59 Å². The van der Waals surface area contributed by atoms with Crippen LogP contribution in [0.15, 0.2) is 17.9 Å². The lowest BCUT2D eigenvalue weighted by Crippen LogP contribution is -2.48. The number of piperazine rings is 1. The van der Waals surface area contributed by atoms with Gasteiger partial charge in [-0.1, -0.05) is 17.7 Å². The Morgan fingerprint density at radius 1 is 0.872 bits per heavy atom. The zero-order valence-electron chi connectivity index (χ0n) is 29.4. The van der Waals surface area contributed by atoms with E-state index in [1.54, 1.807) is 0 Å². The van der Waals surface area contributed by atoms with Crippen LogP contribution in [0.5, 0.6) is 0 Å². The van der Waals surface area contributed by atoms with Crippen molar-refractivity contribution in [3.05, 3.63) is 40.1 Å². The highest BCUT2D eigenvalue weighted by Gasteiger charge is 2.51. The van der Waals surface area contributed by atoms with Gasteiger partial charge in [0, 0.05) is 39.3 Å². The monoisotopic (exact) mass is 660 g/mol. The van der Waals surface area contributed by atoms with Crippen molar-refractivity contribution in [2.45, 2.75) is 84.5 Å². The maximum absolute atomic E-state index is 12.9. The molecule has 0 aromatic heterocycles. The SMILES string of the molecule is Cc1cc(C)c(C2=C(O)C3(CCC(OCCOCCN4CCN(CCOCCOCC(=O)OC(C)(C)C)CC4)CC3)OC2=O)c(C)c1. The molecule has 0 radical (unpaired) electrons. The summed E-state index contributed by atoms with van der Waals surface area (Å²) in [4.78, 5) is 29.4. The van der Waals surface area contributed by atoms with Crippen molar-refractivity contribution in [1.29, 1.82) is 0 Å². The molecule has 0 amide bonds. The average Bonchev–Trinajstić information content (AvgIpc) is 3.23. The summed E-state index contributed by atoms with van der Waals surface area (Å²) in [6.45, 7) is 20.4. The molecule has 2 aliphatic heterocycles. The number of aliphatic hydroxyl groups is 1. The number of carbonyl (C=O) groups excluding carboxylic acids is 2. The fourth-order valence-corrected chi connectivity index (χ4v) is 6.71. The van der Waals surface area contributed by atoms with Gasteiger partial charge in [0.25, 0.3) is 0 Å². The predicted octanol–water partition coefficient (Wildman–Crippen LogP) is 4.14. The van der Waals surface area contributed by atoms with E-state index in [2.05, 4.69) is 9.80 Å². The lowest BCUT2D eigenvalue weighted by atomic mass is 9.80. The fourth-order valence-electron chi connectivity index (χ4n) is 6.71. The van der Waals surface area contributed by atoms with Crippen LogP contribution in [0.4, 0.5) is 0 Å². The molecule has 1 aromatic carbocycles. The van der Waals surface area contributed by atoms with Crippen LogP contribution in [0.3, 0.4) is 0 Å². The first-order valence-electron chi connectivity index (χ1n) is 17.1. The van der Waals surface area contributed by atoms with E-state index in [1.165, 1.54) is 0 Å². The van der Waals surface area contributed by atoms with Gasteiger partial charge in [-0.3, -0.25) is 9.80 Å². The lowest BCUT2D eigenvalue weighted by molar-refractivity contribution is -0.160. The second-order valence-electron chi connectivity index (χ2n) is 14.0. The molecule has 0 unspecified atom stereocenters. The number of esters is 2. The number of nitrogens with zero attached hydrogens (tertiary/aromatic N) is 2. The predicted molar refractivity (Wildman–Crippen MR) is 178 cm³/mol. The normalized spacial score (nSPS) is 22.7. The second-order valence-corrected chi connectivity index (χ2v) is 14.0. The quantitative estimate of drug-likeness (QED) is 0.204. The number of rotatable bonds is 16.